The number of hydrogen-bond donors (Lipinski definition) is 0. The van der Waals surface area contributed by atoms with Gasteiger partial charge in [-0.2, -0.15) is 9.97 Å². The van der Waals surface area contributed by atoms with E-state index in [1.54, 1.807) is 12.4 Å². The number of morpholine rings is 1. The van der Waals surface area contributed by atoms with Crippen LogP contribution in [0, 0.1) is 0 Å². The van der Waals surface area contributed by atoms with Crippen molar-refractivity contribution < 1.29 is 9.47 Å². The minimum atomic E-state index is 0.578. The molecule has 0 N–H and O–H groups in total. The van der Waals surface area contributed by atoms with Crippen molar-refractivity contribution in [3.05, 3.63) is 78.9 Å². The average molecular weight is 453 g/mol. The Morgan fingerprint density at radius 1 is 0.824 bits per heavy atom. The van der Waals surface area contributed by atoms with Gasteiger partial charge in [-0.15, -0.1) is 0 Å². The van der Waals surface area contributed by atoms with Crippen LogP contribution in [0.5, 0.6) is 11.6 Å². The zero-order valence-electron chi connectivity index (χ0n) is 18.7. The molecule has 1 aromatic carbocycles. The van der Waals surface area contributed by atoms with Crippen LogP contribution in [0.2, 0.25) is 0 Å². The molecule has 170 valence electrons. The third-order valence-corrected chi connectivity index (χ3v) is 6.06. The number of fused-ring (bicyclic) bond motifs is 1. The van der Waals surface area contributed by atoms with Crippen LogP contribution in [0.3, 0.4) is 0 Å². The maximum absolute atomic E-state index is 6.22. The Bertz CT molecular complexity index is 1280. The quantitative estimate of drug-likeness (QED) is 0.445. The predicted octanol–water partition coefficient (Wildman–Crippen LogP) is 4.26. The topological polar surface area (TPSA) is 76.5 Å². The van der Waals surface area contributed by atoms with E-state index in [9.17, 15) is 0 Å². The second kappa shape index (κ2) is 9.07. The maximum atomic E-state index is 6.22. The van der Waals surface area contributed by atoms with E-state index in [0.717, 1.165) is 54.3 Å². The van der Waals surface area contributed by atoms with Gasteiger partial charge in [-0.3, -0.25) is 9.97 Å². The SMILES string of the molecule is c1ccc(-c2cncc(N3CCc4c(Oc5cccnc5)nc(N5CCOCC5)nc43)c2)cc1. The first-order valence-electron chi connectivity index (χ1n) is 11.4. The summed E-state index contributed by atoms with van der Waals surface area (Å²) in [5.74, 6) is 2.75. The molecule has 8 nitrogen and oxygen atoms in total. The summed E-state index contributed by atoms with van der Waals surface area (Å²) in [4.78, 5) is 22.9. The summed E-state index contributed by atoms with van der Waals surface area (Å²) < 4.78 is 11.7. The summed E-state index contributed by atoms with van der Waals surface area (Å²) in [6, 6.07) is 16.2. The van der Waals surface area contributed by atoms with Crippen molar-refractivity contribution in [2.24, 2.45) is 0 Å². The lowest BCUT2D eigenvalue weighted by Gasteiger charge is -2.28. The number of rotatable bonds is 5. The second-order valence-electron chi connectivity index (χ2n) is 8.22. The molecule has 8 heteroatoms. The van der Waals surface area contributed by atoms with Crippen molar-refractivity contribution in [2.75, 3.05) is 42.6 Å². The molecule has 1 fully saturated rings. The van der Waals surface area contributed by atoms with Crippen LogP contribution in [-0.2, 0) is 11.2 Å². The van der Waals surface area contributed by atoms with Crippen LogP contribution in [-0.4, -0.2) is 52.8 Å². The highest BCUT2D eigenvalue weighted by Crippen LogP contribution is 2.40. The van der Waals surface area contributed by atoms with Crippen molar-refractivity contribution in [3.8, 4) is 22.8 Å². The van der Waals surface area contributed by atoms with E-state index in [0.29, 0.717) is 30.8 Å². The standard InChI is InChI=1S/C26H24N6O2/c1-2-5-19(6-3-1)20-15-21(17-28-16-20)32-10-8-23-24(32)29-26(31-11-13-33-14-12-31)30-25(23)34-22-7-4-9-27-18-22/h1-7,9,15-18H,8,10-14H2. The number of hydrogen-bond acceptors (Lipinski definition) is 8. The Hall–Kier alpha value is -4.04. The van der Waals surface area contributed by atoms with E-state index in [1.165, 1.54) is 0 Å². The summed E-state index contributed by atoms with van der Waals surface area (Å²) >= 11 is 0. The largest absolute Gasteiger partial charge is 0.437 e. The molecule has 0 unspecified atom stereocenters. The van der Waals surface area contributed by atoms with E-state index >= 15 is 0 Å². The number of pyridine rings is 2. The zero-order valence-corrected chi connectivity index (χ0v) is 18.7. The van der Waals surface area contributed by atoms with Gasteiger partial charge < -0.3 is 19.3 Å². The molecule has 6 rings (SSSR count). The molecule has 2 aliphatic rings. The molecule has 4 aromatic rings. The van der Waals surface area contributed by atoms with Crippen LogP contribution < -0.4 is 14.5 Å². The van der Waals surface area contributed by atoms with Crippen LogP contribution in [0.25, 0.3) is 11.1 Å². The van der Waals surface area contributed by atoms with Gasteiger partial charge in [-0.25, -0.2) is 0 Å². The van der Waals surface area contributed by atoms with E-state index in [2.05, 4.69) is 38.0 Å². The molecule has 0 amide bonds. The van der Waals surface area contributed by atoms with Crippen LogP contribution in [0.15, 0.2) is 73.3 Å². The fourth-order valence-electron chi connectivity index (χ4n) is 4.34. The Kier molecular flexibility index (Phi) is 5.48. The van der Waals surface area contributed by atoms with Crippen molar-refractivity contribution in [1.82, 2.24) is 19.9 Å². The Balaban J connectivity index is 1.41. The van der Waals surface area contributed by atoms with Gasteiger partial charge in [-0.1, -0.05) is 30.3 Å². The van der Waals surface area contributed by atoms with Gasteiger partial charge in [0.1, 0.15) is 11.6 Å². The van der Waals surface area contributed by atoms with Gasteiger partial charge in [0.25, 0.3) is 0 Å². The Morgan fingerprint density at radius 3 is 2.53 bits per heavy atom. The fraction of sp³-hybridized carbons (Fsp3) is 0.231. The highest BCUT2D eigenvalue weighted by Gasteiger charge is 2.30. The summed E-state index contributed by atoms with van der Waals surface area (Å²) in [7, 11) is 0. The van der Waals surface area contributed by atoms with E-state index in [4.69, 9.17) is 19.4 Å². The first kappa shape index (κ1) is 20.6. The number of ether oxygens (including phenoxy) is 2. The molecule has 5 heterocycles. The maximum Gasteiger partial charge on any atom is 0.230 e. The van der Waals surface area contributed by atoms with Gasteiger partial charge in [0.2, 0.25) is 11.8 Å². The normalized spacial score (nSPS) is 15.3. The minimum Gasteiger partial charge on any atom is -0.437 e. The van der Waals surface area contributed by atoms with Gasteiger partial charge in [-0.05, 0) is 30.2 Å². The zero-order chi connectivity index (χ0) is 22.7. The van der Waals surface area contributed by atoms with E-state index < -0.39 is 0 Å². The van der Waals surface area contributed by atoms with E-state index in [1.807, 2.05) is 42.7 Å². The summed E-state index contributed by atoms with van der Waals surface area (Å²) in [5, 5.41) is 0. The molecule has 0 radical (unpaired) electrons. The summed E-state index contributed by atoms with van der Waals surface area (Å²) in [5.41, 5.74) is 4.19. The predicted molar refractivity (Wildman–Crippen MR) is 130 cm³/mol. The third kappa shape index (κ3) is 4.04. The average Bonchev–Trinajstić information content (AvgIpc) is 3.35. The molecule has 0 atom stereocenters. The highest BCUT2D eigenvalue weighted by atomic mass is 16.5. The molecule has 3 aromatic heterocycles. The first-order valence-corrected chi connectivity index (χ1v) is 11.4. The summed E-state index contributed by atoms with van der Waals surface area (Å²) in [6.07, 6.45) is 7.99. The van der Waals surface area contributed by atoms with Crippen molar-refractivity contribution in [1.29, 1.82) is 0 Å². The lowest BCUT2D eigenvalue weighted by Crippen LogP contribution is -2.37. The van der Waals surface area contributed by atoms with Crippen LogP contribution >= 0.6 is 0 Å². The van der Waals surface area contributed by atoms with Gasteiger partial charge in [0.05, 0.1) is 36.9 Å². The van der Waals surface area contributed by atoms with Gasteiger partial charge >= 0.3 is 0 Å². The lowest BCUT2D eigenvalue weighted by atomic mass is 10.1. The smallest absolute Gasteiger partial charge is 0.230 e. The Morgan fingerprint density at radius 2 is 1.71 bits per heavy atom. The van der Waals surface area contributed by atoms with Gasteiger partial charge in [0.15, 0.2) is 0 Å². The van der Waals surface area contributed by atoms with Crippen LogP contribution in [0.1, 0.15) is 5.56 Å². The highest BCUT2D eigenvalue weighted by molar-refractivity contribution is 5.74. The van der Waals surface area contributed by atoms with E-state index in [-0.39, 0.29) is 0 Å². The third-order valence-electron chi connectivity index (χ3n) is 6.06. The molecular formula is C26H24N6O2. The number of anilines is 3. The molecular weight excluding hydrogens is 428 g/mol. The number of aromatic nitrogens is 4. The molecule has 34 heavy (non-hydrogen) atoms. The Labute approximate surface area is 197 Å². The number of benzene rings is 1. The van der Waals surface area contributed by atoms with Crippen molar-refractivity contribution in [2.45, 2.75) is 6.42 Å². The summed E-state index contributed by atoms with van der Waals surface area (Å²) in [6.45, 7) is 3.59. The molecule has 0 bridgehead atoms. The monoisotopic (exact) mass is 452 g/mol. The lowest BCUT2D eigenvalue weighted by molar-refractivity contribution is 0.122. The van der Waals surface area contributed by atoms with Crippen molar-refractivity contribution >= 4 is 17.5 Å². The van der Waals surface area contributed by atoms with Gasteiger partial charge in [0, 0.05) is 37.6 Å². The molecule has 1 saturated heterocycles. The molecule has 2 aliphatic heterocycles. The molecule has 0 aliphatic carbocycles. The second-order valence-corrected chi connectivity index (χ2v) is 8.22. The fourth-order valence-corrected chi connectivity index (χ4v) is 4.34. The number of nitrogens with zero attached hydrogens (tertiary/aromatic N) is 6. The molecule has 0 saturated carbocycles. The first-order chi connectivity index (χ1) is 16.8. The van der Waals surface area contributed by atoms with Crippen molar-refractivity contribution in [3.63, 3.8) is 0 Å². The van der Waals surface area contributed by atoms with Crippen LogP contribution in [0.4, 0.5) is 17.5 Å². The minimum absolute atomic E-state index is 0.578. The molecule has 0 spiro atoms.